The minimum absolute atomic E-state index is 0.237. The number of hydrogen-bond donors (Lipinski definition) is 0. The average molecular weight is 369 g/mol. The van der Waals surface area contributed by atoms with Crippen molar-refractivity contribution >= 4 is 40.8 Å². The van der Waals surface area contributed by atoms with Crippen molar-refractivity contribution in [2.24, 2.45) is 0 Å². The largest absolute Gasteiger partial charge is 0.465 e. The number of benzene rings is 1. The van der Waals surface area contributed by atoms with E-state index < -0.39 is 5.25 Å². The summed E-state index contributed by atoms with van der Waals surface area (Å²) in [5.74, 6) is 0.814. The highest BCUT2D eigenvalue weighted by molar-refractivity contribution is 8.03. The highest BCUT2D eigenvalue weighted by atomic mass is 32.2. The fourth-order valence-electron chi connectivity index (χ4n) is 1.81. The molecular formula is C16H20N2O2S3. The van der Waals surface area contributed by atoms with E-state index in [1.165, 1.54) is 35.9 Å². The zero-order valence-corrected chi connectivity index (χ0v) is 15.7. The van der Waals surface area contributed by atoms with Gasteiger partial charge in [0.1, 0.15) is 5.25 Å². The molecule has 0 spiro atoms. The molecule has 2 rings (SSSR count). The van der Waals surface area contributed by atoms with Crippen LogP contribution >= 0.6 is 34.9 Å². The number of hydrogen-bond acceptors (Lipinski definition) is 7. The summed E-state index contributed by atoms with van der Waals surface area (Å²) in [7, 11) is 0. The predicted octanol–water partition coefficient (Wildman–Crippen LogP) is 4.83. The Balaban J connectivity index is 2.07. The lowest BCUT2D eigenvalue weighted by molar-refractivity contribution is -0.142. The van der Waals surface area contributed by atoms with Gasteiger partial charge in [-0.3, -0.25) is 4.79 Å². The van der Waals surface area contributed by atoms with Crippen molar-refractivity contribution in [2.45, 2.75) is 40.6 Å². The normalized spacial score (nSPS) is 12.1. The molecule has 1 unspecified atom stereocenters. The number of nitrogens with zero attached hydrogens (tertiary/aromatic N) is 2. The number of carbonyl (C=O) groups excluding carboxylic acids is 1. The van der Waals surface area contributed by atoms with Gasteiger partial charge >= 0.3 is 5.97 Å². The molecular weight excluding hydrogens is 348 g/mol. The van der Waals surface area contributed by atoms with Gasteiger partial charge in [0.05, 0.1) is 6.61 Å². The smallest absolute Gasteiger partial charge is 0.324 e. The van der Waals surface area contributed by atoms with Crippen LogP contribution in [0.5, 0.6) is 0 Å². The molecule has 0 amide bonds. The molecule has 0 aliphatic carbocycles. The third kappa shape index (κ3) is 5.82. The van der Waals surface area contributed by atoms with Gasteiger partial charge in [-0.25, -0.2) is 0 Å². The van der Waals surface area contributed by atoms with E-state index in [-0.39, 0.29) is 5.97 Å². The number of ether oxygens (including phenoxy) is 1. The van der Waals surface area contributed by atoms with E-state index in [0.29, 0.717) is 6.61 Å². The second-order valence-corrected chi connectivity index (χ2v) is 8.37. The van der Waals surface area contributed by atoms with Gasteiger partial charge in [-0.2, -0.15) is 0 Å². The number of carbonyl (C=O) groups is 1. The van der Waals surface area contributed by atoms with Crippen LogP contribution in [0, 0.1) is 0 Å². The lowest BCUT2D eigenvalue weighted by Crippen LogP contribution is -2.13. The third-order valence-corrected chi connectivity index (χ3v) is 6.39. The van der Waals surface area contributed by atoms with Crippen LogP contribution in [0.4, 0.5) is 0 Å². The van der Waals surface area contributed by atoms with Crippen LogP contribution in [-0.2, 0) is 9.53 Å². The minimum Gasteiger partial charge on any atom is -0.465 e. The van der Waals surface area contributed by atoms with Gasteiger partial charge in [-0.15, -0.1) is 10.2 Å². The number of esters is 1. The SMILES string of the molecule is CCCCSc1nnc(SC(C(=O)OCC)c2ccccc2)s1. The van der Waals surface area contributed by atoms with Crippen LogP contribution in [0.15, 0.2) is 39.0 Å². The molecule has 4 nitrogen and oxygen atoms in total. The summed E-state index contributed by atoms with van der Waals surface area (Å²) >= 11 is 4.67. The Bertz CT molecular complexity index is 604. The Hall–Kier alpha value is -1.05. The molecule has 23 heavy (non-hydrogen) atoms. The summed E-state index contributed by atoms with van der Waals surface area (Å²) in [5.41, 5.74) is 0.923. The van der Waals surface area contributed by atoms with Crippen LogP contribution in [0.2, 0.25) is 0 Å². The van der Waals surface area contributed by atoms with Crippen LogP contribution in [-0.4, -0.2) is 28.5 Å². The molecule has 124 valence electrons. The number of aromatic nitrogens is 2. The van der Waals surface area contributed by atoms with Gasteiger partial charge in [-0.1, -0.05) is 78.5 Å². The van der Waals surface area contributed by atoms with Crippen molar-refractivity contribution in [1.29, 1.82) is 0 Å². The Morgan fingerprint density at radius 1 is 1.22 bits per heavy atom. The maximum atomic E-state index is 12.3. The summed E-state index contributed by atoms with van der Waals surface area (Å²) in [4.78, 5) is 12.3. The second kappa shape index (κ2) is 9.95. The lowest BCUT2D eigenvalue weighted by atomic mass is 10.1. The van der Waals surface area contributed by atoms with Crippen molar-refractivity contribution in [3.8, 4) is 0 Å². The van der Waals surface area contributed by atoms with Gasteiger partial charge in [-0.05, 0) is 18.9 Å². The zero-order valence-electron chi connectivity index (χ0n) is 13.2. The molecule has 7 heteroatoms. The van der Waals surface area contributed by atoms with Crippen LogP contribution < -0.4 is 0 Å². The lowest BCUT2D eigenvalue weighted by Gasteiger charge is -2.13. The summed E-state index contributed by atoms with van der Waals surface area (Å²) in [6.45, 7) is 4.36. The van der Waals surface area contributed by atoms with E-state index in [2.05, 4.69) is 17.1 Å². The molecule has 1 heterocycles. The molecule has 0 N–H and O–H groups in total. The van der Waals surface area contributed by atoms with Gasteiger partial charge in [0.2, 0.25) is 0 Å². The molecule has 0 aliphatic rings. The van der Waals surface area contributed by atoms with Gasteiger partial charge in [0.25, 0.3) is 0 Å². The molecule has 0 fully saturated rings. The standard InChI is InChI=1S/C16H20N2O2S3/c1-3-5-11-21-15-17-18-16(23-15)22-13(14(19)20-4-2)12-9-7-6-8-10-12/h6-10,13H,3-5,11H2,1-2H3. The monoisotopic (exact) mass is 368 g/mol. The molecule has 0 radical (unpaired) electrons. The Labute approximate surface area is 149 Å². The summed E-state index contributed by atoms with van der Waals surface area (Å²) < 4.78 is 6.96. The van der Waals surface area contributed by atoms with Gasteiger partial charge < -0.3 is 4.74 Å². The third-order valence-electron chi connectivity index (χ3n) is 2.93. The molecule has 1 atom stereocenters. The molecule has 0 saturated heterocycles. The molecule has 0 bridgehead atoms. The van der Waals surface area contributed by atoms with Crippen molar-refractivity contribution in [3.05, 3.63) is 35.9 Å². The highest BCUT2D eigenvalue weighted by Crippen LogP contribution is 2.39. The van der Waals surface area contributed by atoms with E-state index >= 15 is 0 Å². The first-order chi connectivity index (χ1) is 11.2. The van der Waals surface area contributed by atoms with Crippen LogP contribution in [0.3, 0.4) is 0 Å². The number of unbranched alkanes of at least 4 members (excludes halogenated alkanes) is 1. The Morgan fingerprint density at radius 2 is 1.96 bits per heavy atom. The Kier molecular flexibility index (Phi) is 7.91. The quantitative estimate of drug-likeness (QED) is 0.359. The number of rotatable bonds is 9. The van der Waals surface area contributed by atoms with E-state index in [1.807, 2.05) is 37.3 Å². The van der Waals surface area contributed by atoms with E-state index in [0.717, 1.165) is 20.0 Å². The van der Waals surface area contributed by atoms with E-state index in [9.17, 15) is 4.79 Å². The van der Waals surface area contributed by atoms with E-state index in [1.54, 1.807) is 11.8 Å². The minimum atomic E-state index is -0.405. The maximum Gasteiger partial charge on any atom is 0.324 e. The van der Waals surface area contributed by atoms with Crippen LogP contribution in [0.25, 0.3) is 0 Å². The van der Waals surface area contributed by atoms with E-state index in [4.69, 9.17) is 4.74 Å². The molecule has 0 aliphatic heterocycles. The zero-order chi connectivity index (χ0) is 16.5. The van der Waals surface area contributed by atoms with Crippen molar-refractivity contribution in [3.63, 3.8) is 0 Å². The van der Waals surface area contributed by atoms with Gasteiger partial charge in [0.15, 0.2) is 8.68 Å². The summed E-state index contributed by atoms with van der Waals surface area (Å²) in [6.07, 6.45) is 2.34. The van der Waals surface area contributed by atoms with Crippen molar-refractivity contribution < 1.29 is 9.53 Å². The van der Waals surface area contributed by atoms with Crippen molar-refractivity contribution in [2.75, 3.05) is 12.4 Å². The van der Waals surface area contributed by atoms with Crippen molar-refractivity contribution in [1.82, 2.24) is 10.2 Å². The average Bonchev–Trinajstić information content (AvgIpc) is 3.01. The first-order valence-corrected chi connectivity index (χ1v) is 10.3. The highest BCUT2D eigenvalue weighted by Gasteiger charge is 2.25. The second-order valence-electron chi connectivity index (χ2n) is 4.70. The topological polar surface area (TPSA) is 52.1 Å². The first-order valence-electron chi connectivity index (χ1n) is 7.59. The maximum absolute atomic E-state index is 12.3. The Morgan fingerprint density at radius 3 is 2.65 bits per heavy atom. The molecule has 1 aromatic heterocycles. The fourth-order valence-corrected chi connectivity index (χ4v) is 5.17. The summed E-state index contributed by atoms with van der Waals surface area (Å²) in [5, 5.41) is 8.00. The predicted molar refractivity (Wildman–Crippen MR) is 97.2 cm³/mol. The fraction of sp³-hybridized carbons (Fsp3) is 0.438. The molecule has 2 aromatic rings. The molecule has 0 saturated carbocycles. The molecule has 1 aromatic carbocycles. The first kappa shape index (κ1) is 18.3. The van der Waals surface area contributed by atoms with Crippen LogP contribution in [0.1, 0.15) is 37.5 Å². The van der Waals surface area contributed by atoms with Gasteiger partial charge in [0, 0.05) is 5.75 Å². The summed E-state index contributed by atoms with van der Waals surface area (Å²) in [6, 6.07) is 9.66. The number of thioether (sulfide) groups is 2.